The summed E-state index contributed by atoms with van der Waals surface area (Å²) in [6.45, 7) is 57.7. The number of aliphatic hydroxyl groups is 1. The van der Waals surface area contributed by atoms with Crippen molar-refractivity contribution in [3.05, 3.63) is 0 Å². The van der Waals surface area contributed by atoms with Crippen LogP contribution in [0.5, 0.6) is 0 Å². The molecule has 5 fully saturated rings. The quantitative estimate of drug-likeness (QED) is 0.0477. The Labute approximate surface area is 510 Å². The first kappa shape index (κ1) is 77.6. The van der Waals surface area contributed by atoms with Crippen molar-refractivity contribution in [1.29, 1.82) is 0 Å². The molecule has 6 N–H and O–H groups in total. The zero-order valence-corrected chi connectivity index (χ0v) is 59.0. The minimum absolute atomic E-state index is 0.0791. The number of aliphatic hydroxyl groups excluding tert-OH is 1. The van der Waals surface area contributed by atoms with Crippen LogP contribution in [0.15, 0.2) is 0 Å². The Morgan fingerprint density at radius 2 is 0.768 bits per heavy atom. The van der Waals surface area contributed by atoms with Crippen LogP contribution >= 0.6 is 0 Å². The molecule has 0 radical (unpaired) electrons. The Hall–Kier alpha value is -0.520. The van der Waals surface area contributed by atoms with Crippen molar-refractivity contribution in [2.75, 3.05) is 39.4 Å². The van der Waals surface area contributed by atoms with Crippen LogP contribution in [0, 0.1) is 0 Å². The van der Waals surface area contributed by atoms with Gasteiger partial charge in [-0.1, -0.05) is 92.4 Å². The maximum atomic E-state index is 10.0. The summed E-state index contributed by atoms with van der Waals surface area (Å²) in [6, 6.07) is 1.81. The van der Waals surface area contributed by atoms with Crippen LogP contribution in [0.25, 0.3) is 0 Å². The third-order valence-corrected chi connectivity index (χ3v) is 17.9. The van der Waals surface area contributed by atoms with Crippen molar-refractivity contribution in [3.63, 3.8) is 0 Å². The van der Waals surface area contributed by atoms with Crippen LogP contribution in [0.3, 0.4) is 0 Å². The van der Waals surface area contributed by atoms with E-state index in [0.29, 0.717) is 24.2 Å². The molecule has 0 atom stereocenters. The van der Waals surface area contributed by atoms with Crippen LogP contribution in [0.4, 0.5) is 0 Å². The minimum Gasteiger partial charge on any atom is -0.393 e. The van der Waals surface area contributed by atoms with Crippen molar-refractivity contribution in [1.82, 2.24) is 36.2 Å². The molecule has 4 aliphatic heterocycles. The second-order valence-corrected chi connectivity index (χ2v) is 31.8. The molecule has 5 rings (SSSR count). The molecular formula is C69H144N8O5. The Kier molecular flexibility index (Phi) is 33.7. The fourth-order valence-corrected chi connectivity index (χ4v) is 15.3. The molecule has 490 valence electrons. The van der Waals surface area contributed by atoms with Crippen LogP contribution in [0.1, 0.15) is 326 Å². The molecule has 82 heavy (non-hydrogen) atoms. The van der Waals surface area contributed by atoms with Gasteiger partial charge in [0.1, 0.15) is 0 Å². The fourth-order valence-electron chi connectivity index (χ4n) is 15.3. The highest BCUT2D eigenvalue weighted by Gasteiger charge is 2.50. The first-order valence-electron chi connectivity index (χ1n) is 34.4. The number of unbranched alkanes of at least 4 members (excludes halogenated alkanes) is 6. The van der Waals surface area contributed by atoms with E-state index in [1.54, 1.807) is 0 Å². The summed E-state index contributed by atoms with van der Waals surface area (Å²) in [5.74, 6) is 0. The average molecular weight is 1170 g/mol. The highest BCUT2D eigenvalue weighted by molar-refractivity contribution is 5.02. The molecule has 4 heterocycles. The van der Waals surface area contributed by atoms with Gasteiger partial charge in [-0.3, -0.25) is 19.4 Å². The van der Waals surface area contributed by atoms with Crippen molar-refractivity contribution < 1.29 is 24.5 Å². The summed E-state index contributed by atoms with van der Waals surface area (Å²) in [7, 11) is 0. The highest BCUT2D eigenvalue weighted by atomic mass is 16.7. The molecule has 1 saturated carbocycles. The second-order valence-electron chi connectivity index (χ2n) is 31.8. The predicted octanol–water partition coefficient (Wildman–Crippen LogP) is 15.8. The largest absolute Gasteiger partial charge is 0.393 e. The van der Waals surface area contributed by atoms with Crippen LogP contribution < -0.4 is 21.7 Å². The van der Waals surface area contributed by atoms with Crippen molar-refractivity contribution in [2.45, 2.75) is 406 Å². The lowest BCUT2D eigenvalue weighted by Gasteiger charge is -2.55. The van der Waals surface area contributed by atoms with E-state index < -0.39 is 0 Å². The van der Waals surface area contributed by atoms with E-state index in [1.165, 1.54) is 103 Å². The van der Waals surface area contributed by atoms with Gasteiger partial charge in [0.15, 0.2) is 0 Å². The van der Waals surface area contributed by atoms with Gasteiger partial charge < -0.3 is 26.8 Å². The van der Waals surface area contributed by atoms with E-state index in [4.69, 9.17) is 25.1 Å². The summed E-state index contributed by atoms with van der Waals surface area (Å²) in [4.78, 5) is 25.0. The molecule has 13 heteroatoms. The molecular weight excluding hydrogens is 1020 g/mol. The normalized spacial score (nSPS) is 24.4. The summed E-state index contributed by atoms with van der Waals surface area (Å²) in [5, 5.41) is 30.3. The van der Waals surface area contributed by atoms with E-state index in [9.17, 15) is 5.11 Å². The fraction of sp³-hybridized carbons (Fsp3) is 1.00. The topological polar surface area (TPSA) is 132 Å². The third kappa shape index (κ3) is 26.7. The number of rotatable bonds is 28. The monoisotopic (exact) mass is 1170 g/mol. The summed E-state index contributed by atoms with van der Waals surface area (Å²) < 4.78 is 0. The van der Waals surface area contributed by atoms with Gasteiger partial charge in [-0.2, -0.15) is 20.3 Å². The van der Waals surface area contributed by atoms with Crippen LogP contribution in [-0.2, 0) is 19.4 Å². The standard InChI is InChI=1S/C19H41N3O.C19H38N2O.C16H34N2O.C15H31NO2/c1-6-14-23-22-18(2,3)15-17(16-19(22,4)5)21-13-11-9-7-8-10-12-20;1-6-7-13-20-16-14-18(2,3)21(19(4,5)15-16)22-17-11-9-8-10-12-17;1-7-9-10-17-14-12-15(3,4)18(19-11-8-2)16(5,6)13-14;1-8-9-15(6,7)18-16-13(2,3)10-12(17)11-14(16,4)5/h17,21H,6-16,20H2,1-5H3;16-17,20H,6-15H2,1-5H3;14,17H,7-13H2,1-6H3;12,17H,8-11H2,1-7H3. The Morgan fingerprint density at radius 3 is 1.12 bits per heavy atom. The SMILES string of the molecule is CCCC(C)(C)ON1C(C)(C)CC(O)CC1(C)C.CCCCNC1CC(C)(C)N(OC2CCCCC2)C(C)(C)C1.CCCCNC1CC(C)(C)N(OCCC)C(C)(C)C1.CCCON1C(C)(C)CC(NCCCCCCCN)CC1(C)C. The van der Waals surface area contributed by atoms with Gasteiger partial charge in [0, 0.05) is 62.4 Å². The van der Waals surface area contributed by atoms with Crippen molar-refractivity contribution in [2.24, 2.45) is 5.73 Å². The molecule has 0 aromatic rings. The number of nitrogens with one attached hydrogen (secondary N) is 3. The number of hydrogen-bond acceptors (Lipinski definition) is 13. The second kappa shape index (κ2) is 35.6. The first-order valence-corrected chi connectivity index (χ1v) is 34.4. The van der Waals surface area contributed by atoms with Gasteiger partial charge in [0.25, 0.3) is 0 Å². The molecule has 1 aliphatic carbocycles. The number of nitrogens with zero attached hydrogens (tertiary/aromatic N) is 4. The molecule has 5 aliphatic rings. The van der Waals surface area contributed by atoms with Gasteiger partial charge >= 0.3 is 0 Å². The number of hydrogen-bond donors (Lipinski definition) is 5. The molecule has 0 aromatic carbocycles. The number of hydroxylamine groups is 8. The van der Waals surface area contributed by atoms with Gasteiger partial charge in [0.2, 0.25) is 0 Å². The highest BCUT2D eigenvalue weighted by Crippen LogP contribution is 2.44. The van der Waals surface area contributed by atoms with Crippen molar-refractivity contribution in [3.8, 4) is 0 Å². The first-order chi connectivity index (χ1) is 38.0. The lowest BCUT2D eigenvalue weighted by Crippen LogP contribution is -2.64. The van der Waals surface area contributed by atoms with Gasteiger partial charge in [-0.05, 0) is 260 Å². The molecule has 0 spiro atoms. The van der Waals surface area contributed by atoms with Gasteiger partial charge in [-0.15, -0.1) is 0 Å². The zero-order valence-electron chi connectivity index (χ0n) is 59.0. The maximum absolute atomic E-state index is 10.0. The van der Waals surface area contributed by atoms with Crippen LogP contribution in [0.2, 0.25) is 0 Å². The molecule has 0 aromatic heterocycles. The Bertz CT molecular complexity index is 1610. The van der Waals surface area contributed by atoms with E-state index in [0.717, 1.165) is 104 Å². The van der Waals surface area contributed by atoms with Gasteiger partial charge in [0.05, 0.1) is 31.0 Å². The van der Waals surface area contributed by atoms with E-state index in [-0.39, 0.29) is 56.0 Å². The lowest BCUT2D eigenvalue weighted by atomic mass is 9.79. The third-order valence-electron chi connectivity index (χ3n) is 17.9. The van der Waals surface area contributed by atoms with Crippen LogP contribution in [-0.4, -0.2) is 145 Å². The number of piperidine rings is 4. The Balaban J connectivity index is 0.000000375. The zero-order chi connectivity index (χ0) is 62.3. The smallest absolute Gasteiger partial charge is 0.0844 e. The summed E-state index contributed by atoms with van der Waals surface area (Å²) >= 11 is 0. The number of nitrogens with two attached hydrogens (primary N) is 1. The van der Waals surface area contributed by atoms with E-state index in [2.05, 4.69) is 195 Å². The molecule has 4 saturated heterocycles. The predicted molar refractivity (Wildman–Crippen MR) is 351 cm³/mol. The molecule has 0 amide bonds. The van der Waals surface area contributed by atoms with E-state index >= 15 is 0 Å². The van der Waals surface area contributed by atoms with Crippen molar-refractivity contribution >= 4 is 0 Å². The lowest BCUT2D eigenvalue weighted by molar-refractivity contribution is -0.337. The molecule has 0 unspecified atom stereocenters. The van der Waals surface area contributed by atoms with Gasteiger partial charge in [-0.25, -0.2) is 0 Å². The molecule has 13 nitrogen and oxygen atoms in total. The summed E-state index contributed by atoms with van der Waals surface area (Å²) in [5.41, 5.74) is 5.67. The minimum atomic E-state index is -0.232. The maximum Gasteiger partial charge on any atom is 0.0844 e. The average Bonchev–Trinajstić information content (AvgIpc) is 3.33. The summed E-state index contributed by atoms with van der Waals surface area (Å²) in [6.07, 6.45) is 30.9. The molecule has 0 bridgehead atoms. The van der Waals surface area contributed by atoms with E-state index in [1.807, 2.05) is 0 Å². The Morgan fingerprint density at radius 1 is 0.427 bits per heavy atom.